The highest BCUT2D eigenvalue weighted by molar-refractivity contribution is 5.86. The summed E-state index contributed by atoms with van der Waals surface area (Å²) in [6.07, 6.45) is 0.811. The van der Waals surface area contributed by atoms with Crippen LogP contribution in [-0.4, -0.2) is 37.4 Å². The van der Waals surface area contributed by atoms with E-state index in [4.69, 9.17) is 9.84 Å². The second kappa shape index (κ2) is 4.80. The molecule has 0 unspecified atom stereocenters. The number of hydrogen-bond donors (Lipinski definition) is 2. The van der Waals surface area contributed by atoms with Crippen molar-refractivity contribution < 1.29 is 19.4 Å². The molecule has 2 rings (SSSR count). The van der Waals surface area contributed by atoms with Crippen LogP contribution in [0.2, 0.25) is 0 Å². The third kappa shape index (κ3) is 3.22. The largest absolute Gasteiger partial charge is 0.477 e. The standard InChI is InChI=1S/C12H14N4O4/c1-12(2,3)20-11(19)14-8-6-9-13-7(10(17)18)4-5-16(9)15-8/h4-6H,1-3H3,(H,17,18)(H,14,15,19). The van der Waals surface area contributed by atoms with Crippen LogP contribution in [0.25, 0.3) is 5.65 Å². The number of anilines is 1. The molecule has 0 spiro atoms. The van der Waals surface area contributed by atoms with Crippen molar-refractivity contribution in [3.05, 3.63) is 24.0 Å². The monoisotopic (exact) mass is 278 g/mol. The number of nitrogens with one attached hydrogen (secondary N) is 1. The van der Waals surface area contributed by atoms with Crippen molar-refractivity contribution in [3.8, 4) is 0 Å². The second-order valence-corrected chi connectivity index (χ2v) is 5.08. The lowest BCUT2D eigenvalue weighted by Crippen LogP contribution is -2.27. The number of nitrogens with zero attached hydrogens (tertiary/aromatic N) is 3. The molecule has 8 nitrogen and oxygen atoms in total. The Bertz CT molecular complexity index is 672. The van der Waals surface area contributed by atoms with Gasteiger partial charge in [-0.1, -0.05) is 0 Å². The molecule has 2 aromatic heterocycles. The molecule has 106 valence electrons. The van der Waals surface area contributed by atoms with E-state index in [2.05, 4.69) is 15.4 Å². The van der Waals surface area contributed by atoms with E-state index in [-0.39, 0.29) is 11.5 Å². The minimum absolute atomic E-state index is 0.0961. The minimum atomic E-state index is -1.13. The van der Waals surface area contributed by atoms with Crippen molar-refractivity contribution in [2.75, 3.05) is 5.32 Å². The summed E-state index contributed by atoms with van der Waals surface area (Å²) in [6.45, 7) is 5.24. The van der Waals surface area contributed by atoms with Gasteiger partial charge in [-0.2, -0.15) is 0 Å². The molecule has 0 saturated heterocycles. The number of rotatable bonds is 2. The van der Waals surface area contributed by atoms with Gasteiger partial charge in [-0.25, -0.2) is 19.1 Å². The zero-order valence-corrected chi connectivity index (χ0v) is 11.2. The molecule has 2 aromatic rings. The van der Waals surface area contributed by atoms with Crippen molar-refractivity contribution in [1.82, 2.24) is 14.6 Å². The number of carboxylic acid groups (broad SMARTS) is 1. The van der Waals surface area contributed by atoms with Gasteiger partial charge in [-0.05, 0) is 26.8 Å². The van der Waals surface area contributed by atoms with E-state index < -0.39 is 17.7 Å². The Morgan fingerprint density at radius 3 is 2.70 bits per heavy atom. The van der Waals surface area contributed by atoms with Crippen molar-refractivity contribution in [1.29, 1.82) is 0 Å². The van der Waals surface area contributed by atoms with Crippen LogP contribution < -0.4 is 5.32 Å². The number of carbonyl (C=O) groups is 2. The van der Waals surface area contributed by atoms with Gasteiger partial charge in [0.1, 0.15) is 5.60 Å². The van der Waals surface area contributed by atoms with Crippen molar-refractivity contribution in [2.24, 2.45) is 0 Å². The predicted octanol–water partition coefficient (Wildman–Crippen LogP) is 1.77. The Morgan fingerprint density at radius 1 is 1.40 bits per heavy atom. The summed E-state index contributed by atoms with van der Waals surface area (Å²) in [5.74, 6) is -0.898. The fourth-order valence-electron chi connectivity index (χ4n) is 1.47. The fraction of sp³-hybridized carbons (Fsp3) is 0.333. The zero-order valence-electron chi connectivity index (χ0n) is 11.2. The first-order valence-corrected chi connectivity index (χ1v) is 5.84. The average molecular weight is 278 g/mol. The van der Waals surface area contributed by atoms with Crippen LogP contribution in [0.5, 0.6) is 0 Å². The fourth-order valence-corrected chi connectivity index (χ4v) is 1.47. The highest BCUT2D eigenvalue weighted by Crippen LogP contribution is 2.12. The Morgan fingerprint density at radius 2 is 2.10 bits per heavy atom. The Labute approximate surface area is 114 Å². The second-order valence-electron chi connectivity index (χ2n) is 5.08. The molecule has 2 heterocycles. The summed E-state index contributed by atoms with van der Waals surface area (Å²) in [6, 6.07) is 2.77. The summed E-state index contributed by atoms with van der Waals surface area (Å²) in [4.78, 5) is 26.3. The van der Waals surface area contributed by atoms with Gasteiger partial charge >= 0.3 is 12.1 Å². The van der Waals surface area contributed by atoms with E-state index in [1.54, 1.807) is 20.8 Å². The summed E-state index contributed by atoms with van der Waals surface area (Å²) in [7, 11) is 0. The number of carbonyl (C=O) groups excluding carboxylic acids is 1. The van der Waals surface area contributed by atoms with Crippen LogP contribution >= 0.6 is 0 Å². The van der Waals surface area contributed by atoms with Gasteiger partial charge in [0.05, 0.1) is 0 Å². The van der Waals surface area contributed by atoms with Gasteiger partial charge in [-0.15, -0.1) is 5.10 Å². The molecular weight excluding hydrogens is 264 g/mol. The molecule has 0 bridgehead atoms. The first kappa shape index (κ1) is 13.8. The third-order valence-corrected chi connectivity index (χ3v) is 2.17. The predicted molar refractivity (Wildman–Crippen MR) is 69.8 cm³/mol. The van der Waals surface area contributed by atoms with Crippen LogP contribution in [-0.2, 0) is 4.74 Å². The highest BCUT2D eigenvalue weighted by Gasteiger charge is 2.17. The summed E-state index contributed by atoms with van der Waals surface area (Å²) in [5.41, 5.74) is -0.394. The van der Waals surface area contributed by atoms with Crippen LogP contribution in [0.1, 0.15) is 31.3 Å². The van der Waals surface area contributed by atoms with E-state index in [9.17, 15) is 9.59 Å². The van der Waals surface area contributed by atoms with Gasteiger partial charge < -0.3 is 9.84 Å². The lowest BCUT2D eigenvalue weighted by atomic mass is 10.2. The number of aromatic nitrogens is 3. The maximum Gasteiger partial charge on any atom is 0.413 e. The van der Waals surface area contributed by atoms with E-state index >= 15 is 0 Å². The Balaban J connectivity index is 2.20. The van der Waals surface area contributed by atoms with E-state index in [1.165, 1.54) is 22.8 Å². The lowest BCUT2D eigenvalue weighted by molar-refractivity contribution is 0.0633. The lowest BCUT2D eigenvalue weighted by Gasteiger charge is -2.18. The molecule has 8 heteroatoms. The van der Waals surface area contributed by atoms with Crippen LogP contribution in [0.3, 0.4) is 0 Å². The number of hydrogen-bond acceptors (Lipinski definition) is 5. The van der Waals surface area contributed by atoms with Crippen LogP contribution in [0.4, 0.5) is 10.6 Å². The molecule has 0 aromatic carbocycles. The number of aromatic carboxylic acids is 1. The number of fused-ring (bicyclic) bond motifs is 1. The quantitative estimate of drug-likeness (QED) is 0.867. The van der Waals surface area contributed by atoms with E-state index in [0.717, 1.165) is 0 Å². The normalized spacial score (nSPS) is 11.3. The number of amides is 1. The first-order chi connectivity index (χ1) is 9.24. The molecule has 20 heavy (non-hydrogen) atoms. The number of ether oxygens (including phenoxy) is 1. The van der Waals surface area contributed by atoms with Crippen molar-refractivity contribution in [3.63, 3.8) is 0 Å². The SMILES string of the molecule is CC(C)(C)OC(=O)Nc1cc2nc(C(=O)O)ccn2n1. The highest BCUT2D eigenvalue weighted by atomic mass is 16.6. The molecule has 2 N–H and O–H groups in total. The maximum atomic E-state index is 11.6. The molecule has 1 amide bonds. The van der Waals surface area contributed by atoms with Gasteiger partial charge in [0.25, 0.3) is 0 Å². The molecular formula is C12H14N4O4. The van der Waals surface area contributed by atoms with Gasteiger partial charge in [0.2, 0.25) is 0 Å². The summed E-state index contributed by atoms with van der Waals surface area (Å²) >= 11 is 0. The van der Waals surface area contributed by atoms with Crippen LogP contribution in [0, 0.1) is 0 Å². The third-order valence-electron chi connectivity index (χ3n) is 2.17. The maximum absolute atomic E-state index is 11.6. The topological polar surface area (TPSA) is 106 Å². The van der Waals surface area contributed by atoms with Crippen molar-refractivity contribution >= 4 is 23.5 Å². The molecule has 0 saturated carbocycles. The van der Waals surface area contributed by atoms with Crippen LogP contribution in [0.15, 0.2) is 18.3 Å². The van der Waals surface area contributed by atoms with Gasteiger partial charge in [-0.3, -0.25) is 5.32 Å². The molecule has 0 fully saturated rings. The molecule has 0 aliphatic heterocycles. The average Bonchev–Trinajstić information content (AvgIpc) is 2.66. The smallest absolute Gasteiger partial charge is 0.413 e. The molecule has 0 aliphatic rings. The molecule has 0 atom stereocenters. The van der Waals surface area contributed by atoms with Crippen molar-refractivity contribution in [2.45, 2.75) is 26.4 Å². The summed E-state index contributed by atoms with van der Waals surface area (Å²) < 4.78 is 6.45. The first-order valence-electron chi connectivity index (χ1n) is 5.84. The Kier molecular flexibility index (Phi) is 3.31. The van der Waals surface area contributed by atoms with Gasteiger partial charge in [0.15, 0.2) is 17.2 Å². The minimum Gasteiger partial charge on any atom is -0.477 e. The van der Waals surface area contributed by atoms with E-state index in [1.807, 2.05) is 0 Å². The number of carboxylic acids is 1. The Hall–Kier alpha value is -2.64. The summed E-state index contributed by atoms with van der Waals surface area (Å²) in [5, 5.41) is 15.3. The molecule has 0 radical (unpaired) electrons. The zero-order chi connectivity index (χ0) is 14.9. The van der Waals surface area contributed by atoms with Gasteiger partial charge in [0, 0.05) is 12.3 Å². The molecule has 0 aliphatic carbocycles. The van der Waals surface area contributed by atoms with E-state index in [0.29, 0.717) is 5.65 Å².